The Balaban J connectivity index is 2.10. The molecule has 1 heterocycles. The molecule has 0 saturated carbocycles. The fourth-order valence-corrected chi connectivity index (χ4v) is 4.02. The molecule has 1 aliphatic heterocycles. The molecule has 0 aromatic heterocycles. The number of carbonyl (C=O) groups is 3. The normalized spacial score (nSPS) is 23.5. The van der Waals surface area contributed by atoms with Crippen molar-refractivity contribution in [2.75, 3.05) is 46.1 Å². The predicted octanol–water partition coefficient (Wildman–Crippen LogP) is -0.301. The van der Waals surface area contributed by atoms with Gasteiger partial charge in [0.05, 0.1) is 19.3 Å². The fourth-order valence-electron chi connectivity index (χ4n) is 4.02. The van der Waals surface area contributed by atoms with Crippen LogP contribution < -0.4 is 5.32 Å². The van der Waals surface area contributed by atoms with Crippen molar-refractivity contribution in [1.82, 2.24) is 10.2 Å². The third-order valence-corrected chi connectivity index (χ3v) is 6.27. The molecule has 0 aromatic rings. The van der Waals surface area contributed by atoms with E-state index >= 15 is 0 Å². The van der Waals surface area contributed by atoms with Crippen LogP contribution in [0.2, 0.25) is 0 Å². The molecule has 0 aliphatic carbocycles. The number of unbranched alkanes of at least 4 members (excludes halogenated alkanes) is 4. The first-order valence-electron chi connectivity index (χ1n) is 13.2. The van der Waals surface area contributed by atoms with Crippen LogP contribution in [0.15, 0.2) is 0 Å². The van der Waals surface area contributed by atoms with Gasteiger partial charge in [-0.25, -0.2) is 0 Å². The summed E-state index contributed by atoms with van der Waals surface area (Å²) in [6.45, 7) is 3.90. The molecule has 12 heteroatoms. The number of ether oxygens (including phenoxy) is 3. The molecular weight excluding hydrogens is 488 g/mol. The molecule has 37 heavy (non-hydrogen) atoms. The van der Waals surface area contributed by atoms with Gasteiger partial charge in [0.15, 0.2) is 6.29 Å². The van der Waals surface area contributed by atoms with E-state index in [1.165, 1.54) is 11.8 Å². The summed E-state index contributed by atoms with van der Waals surface area (Å²) in [5.41, 5.74) is 0. The molecule has 2 amide bonds. The summed E-state index contributed by atoms with van der Waals surface area (Å²) in [4.78, 5) is 36.5. The van der Waals surface area contributed by atoms with Gasteiger partial charge in [-0.1, -0.05) is 19.8 Å². The summed E-state index contributed by atoms with van der Waals surface area (Å²) in [7, 11) is 0. The number of nitrogens with zero attached hydrogens (tertiary/aromatic N) is 1. The first-order chi connectivity index (χ1) is 17.7. The first-order valence-corrected chi connectivity index (χ1v) is 13.2. The standard InChI is InChI=1S/C25H46N2O10/c1-18-23(33)24(34)20(17-36-19(2)30)37-25(18)35-16-8-4-5-9-21(31)26-11-7-3-6-10-22(32)27(12-14-28)13-15-29/h18,20,23-25,28-29,33-34H,3-17H2,1-2H3,(H,26,31). The topological polar surface area (TPSA) is 175 Å². The second-order valence-corrected chi connectivity index (χ2v) is 9.36. The van der Waals surface area contributed by atoms with Crippen molar-refractivity contribution in [1.29, 1.82) is 0 Å². The van der Waals surface area contributed by atoms with Crippen LogP contribution in [-0.2, 0) is 28.6 Å². The van der Waals surface area contributed by atoms with E-state index in [9.17, 15) is 24.6 Å². The molecule has 0 bridgehead atoms. The van der Waals surface area contributed by atoms with Gasteiger partial charge in [-0.3, -0.25) is 14.4 Å². The van der Waals surface area contributed by atoms with Crippen molar-refractivity contribution in [3.8, 4) is 0 Å². The van der Waals surface area contributed by atoms with E-state index in [0.717, 1.165) is 19.3 Å². The maximum atomic E-state index is 12.0. The molecule has 216 valence electrons. The Labute approximate surface area is 219 Å². The van der Waals surface area contributed by atoms with Crippen molar-refractivity contribution in [2.45, 2.75) is 89.8 Å². The van der Waals surface area contributed by atoms with Gasteiger partial charge >= 0.3 is 5.97 Å². The second-order valence-electron chi connectivity index (χ2n) is 9.36. The van der Waals surface area contributed by atoms with Crippen LogP contribution in [0.1, 0.15) is 65.2 Å². The number of esters is 1. The van der Waals surface area contributed by atoms with Crippen molar-refractivity contribution < 1.29 is 49.0 Å². The minimum Gasteiger partial charge on any atom is -0.463 e. The highest BCUT2D eigenvalue weighted by atomic mass is 16.7. The lowest BCUT2D eigenvalue weighted by Gasteiger charge is -2.41. The summed E-state index contributed by atoms with van der Waals surface area (Å²) in [6.07, 6.45) is 1.36. The summed E-state index contributed by atoms with van der Waals surface area (Å²) in [5.74, 6) is -1.06. The highest BCUT2D eigenvalue weighted by molar-refractivity contribution is 5.76. The average molecular weight is 535 g/mol. The van der Waals surface area contributed by atoms with Gasteiger partial charge in [-0.2, -0.15) is 0 Å². The second kappa shape index (κ2) is 19.3. The minimum atomic E-state index is -1.17. The van der Waals surface area contributed by atoms with Gasteiger partial charge in [0.2, 0.25) is 11.8 Å². The van der Waals surface area contributed by atoms with Crippen LogP contribution >= 0.6 is 0 Å². The number of rotatable bonds is 19. The third-order valence-electron chi connectivity index (χ3n) is 6.27. The summed E-state index contributed by atoms with van der Waals surface area (Å²) in [5, 5.41) is 41.2. The molecule has 5 unspecified atom stereocenters. The highest BCUT2D eigenvalue weighted by Crippen LogP contribution is 2.27. The van der Waals surface area contributed by atoms with Crippen LogP contribution in [0.25, 0.3) is 0 Å². The Bertz CT molecular complexity index is 659. The van der Waals surface area contributed by atoms with Crippen LogP contribution in [0.5, 0.6) is 0 Å². The molecule has 1 saturated heterocycles. The average Bonchev–Trinajstić information content (AvgIpc) is 2.86. The Morgan fingerprint density at radius 3 is 2.22 bits per heavy atom. The third kappa shape index (κ3) is 13.5. The van der Waals surface area contributed by atoms with Gasteiger partial charge in [0, 0.05) is 51.9 Å². The zero-order valence-corrected chi connectivity index (χ0v) is 22.2. The van der Waals surface area contributed by atoms with E-state index in [1.54, 1.807) is 6.92 Å². The monoisotopic (exact) mass is 534 g/mol. The Morgan fingerprint density at radius 2 is 1.57 bits per heavy atom. The SMILES string of the molecule is CC(=O)OCC1OC(OCCCCCC(=O)NCCCCCC(=O)N(CCO)CCO)C(C)C(O)C1O. The molecule has 5 N–H and O–H groups in total. The van der Waals surface area contributed by atoms with Crippen LogP contribution in [-0.4, -0.2) is 114 Å². The number of nitrogens with one attached hydrogen (secondary N) is 1. The van der Waals surface area contributed by atoms with E-state index in [1.807, 2.05) is 0 Å². The van der Waals surface area contributed by atoms with Gasteiger partial charge in [0.25, 0.3) is 0 Å². The van der Waals surface area contributed by atoms with E-state index in [4.69, 9.17) is 24.4 Å². The fraction of sp³-hybridized carbons (Fsp3) is 0.880. The molecule has 1 rings (SSSR count). The molecule has 0 radical (unpaired) electrons. The molecule has 1 fully saturated rings. The summed E-state index contributed by atoms with van der Waals surface area (Å²) >= 11 is 0. The zero-order chi connectivity index (χ0) is 27.6. The van der Waals surface area contributed by atoms with E-state index in [0.29, 0.717) is 45.3 Å². The van der Waals surface area contributed by atoms with Crippen LogP contribution in [0, 0.1) is 5.92 Å². The predicted molar refractivity (Wildman–Crippen MR) is 133 cm³/mol. The van der Waals surface area contributed by atoms with Crippen molar-refractivity contribution in [3.05, 3.63) is 0 Å². The largest absolute Gasteiger partial charge is 0.463 e. The lowest BCUT2D eigenvalue weighted by molar-refractivity contribution is -0.283. The van der Waals surface area contributed by atoms with Gasteiger partial charge in [0.1, 0.15) is 18.8 Å². The number of hydrogen-bond donors (Lipinski definition) is 5. The van der Waals surface area contributed by atoms with Crippen LogP contribution in [0.4, 0.5) is 0 Å². The van der Waals surface area contributed by atoms with Crippen molar-refractivity contribution in [2.24, 2.45) is 5.92 Å². The zero-order valence-electron chi connectivity index (χ0n) is 22.2. The van der Waals surface area contributed by atoms with Gasteiger partial charge < -0.3 is 44.9 Å². The van der Waals surface area contributed by atoms with Gasteiger partial charge in [-0.05, 0) is 25.7 Å². The number of carbonyl (C=O) groups excluding carboxylic acids is 3. The molecule has 1 aliphatic rings. The molecular formula is C25H46N2O10. The van der Waals surface area contributed by atoms with Crippen LogP contribution in [0.3, 0.4) is 0 Å². The maximum Gasteiger partial charge on any atom is 0.302 e. The lowest BCUT2D eigenvalue weighted by atomic mass is 9.92. The number of aliphatic hydroxyl groups is 4. The molecule has 0 spiro atoms. The minimum absolute atomic E-state index is 0.0243. The number of aliphatic hydroxyl groups excluding tert-OH is 4. The quantitative estimate of drug-likeness (QED) is 0.109. The molecule has 0 aromatic carbocycles. The Kier molecular flexibility index (Phi) is 17.3. The van der Waals surface area contributed by atoms with E-state index < -0.39 is 36.5 Å². The van der Waals surface area contributed by atoms with Gasteiger partial charge in [-0.15, -0.1) is 0 Å². The summed E-state index contributed by atoms with van der Waals surface area (Å²) < 4.78 is 16.3. The summed E-state index contributed by atoms with van der Waals surface area (Å²) in [6, 6.07) is 0. The van der Waals surface area contributed by atoms with E-state index in [2.05, 4.69) is 5.32 Å². The first kappa shape index (κ1) is 33.2. The Hall–Kier alpha value is -1.83. The highest BCUT2D eigenvalue weighted by Gasteiger charge is 2.43. The molecule has 12 nitrogen and oxygen atoms in total. The smallest absolute Gasteiger partial charge is 0.302 e. The van der Waals surface area contributed by atoms with E-state index in [-0.39, 0.29) is 44.7 Å². The number of hydrogen-bond acceptors (Lipinski definition) is 10. The lowest BCUT2D eigenvalue weighted by Crippen LogP contribution is -2.55. The number of amides is 2. The van der Waals surface area contributed by atoms with Crippen molar-refractivity contribution >= 4 is 17.8 Å². The molecule has 5 atom stereocenters. The Morgan fingerprint density at radius 1 is 0.919 bits per heavy atom. The maximum absolute atomic E-state index is 12.0. The van der Waals surface area contributed by atoms with Crippen molar-refractivity contribution in [3.63, 3.8) is 0 Å².